The number of likely N-dealkylation sites (tertiary alicyclic amines) is 1. The molecule has 14 nitrogen and oxygen atoms in total. The molecule has 3 saturated heterocycles. The Morgan fingerprint density at radius 2 is 1.80 bits per heavy atom. The van der Waals surface area contributed by atoms with Crippen LogP contribution >= 0.6 is 12.2 Å². The molecule has 2 N–H and O–H groups in total. The summed E-state index contributed by atoms with van der Waals surface area (Å²) in [6, 6.07) is 7.89. The first-order valence-corrected chi connectivity index (χ1v) is 20.9. The zero-order chi connectivity index (χ0) is 43.3. The average molecular weight is 850 g/mol. The van der Waals surface area contributed by atoms with Crippen molar-refractivity contribution in [3.63, 3.8) is 0 Å². The molecule has 4 amide bonds. The van der Waals surface area contributed by atoms with E-state index in [4.69, 9.17) is 17.0 Å². The maximum absolute atomic E-state index is 13.7. The van der Waals surface area contributed by atoms with Crippen LogP contribution in [0.2, 0.25) is 0 Å². The number of nitrogens with zero attached hydrogens (tertiary/aromatic N) is 7. The summed E-state index contributed by atoms with van der Waals surface area (Å²) >= 11 is 5.74. The van der Waals surface area contributed by atoms with Gasteiger partial charge >= 0.3 is 6.18 Å². The smallest absolute Gasteiger partial charge is 0.378 e. The molecular formula is C42H50F3N9O5S. The average Bonchev–Trinajstić information content (AvgIpc) is 3.61. The molecule has 1 aromatic carbocycles. The van der Waals surface area contributed by atoms with Gasteiger partial charge in [-0.2, -0.15) is 23.5 Å². The van der Waals surface area contributed by atoms with E-state index in [1.807, 2.05) is 23.1 Å². The van der Waals surface area contributed by atoms with E-state index in [0.717, 1.165) is 67.5 Å². The number of aryl methyl sites for hydroxylation is 1. The number of halogens is 3. The van der Waals surface area contributed by atoms with Crippen LogP contribution in [0.25, 0.3) is 10.9 Å². The van der Waals surface area contributed by atoms with Crippen molar-refractivity contribution in [2.75, 3.05) is 23.4 Å². The number of anilines is 2. The van der Waals surface area contributed by atoms with Crippen molar-refractivity contribution in [2.24, 2.45) is 13.0 Å². The number of hydrogen-bond donors (Lipinski definition) is 2. The first kappa shape index (κ1) is 43.1. The summed E-state index contributed by atoms with van der Waals surface area (Å²) in [5, 5.41) is 20.2. The predicted octanol–water partition coefficient (Wildman–Crippen LogP) is 5.94. The minimum absolute atomic E-state index is 0.0499. The van der Waals surface area contributed by atoms with Crippen molar-refractivity contribution < 1.29 is 37.1 Å². The van der Waals surface area contributed by atoms with Crippen molar-refractivity contribution in [1.82, 2.24) is 29.9 Å². The lowest BCUT2D eigenvalue weighted by Gasteiger charge is -2.42. The number of pyridine rings is 1. The number of amides is 4. The molecule has 1 saturated carbocycles. The van der Waals surface area contributed by atoms with E-state index >= 15 is 0 Å². The van der Waals surface area contributed by atoms with E-state index in [9.17, 15) is 37.6 Å². The Labute approximate surface area is 351 Å². The molecule has 2 aromatic heterocycles. The van der Waals surface area contributed by atoms with Crippen LogP contribution in [0, 0.1) is 17.2 Å². The number of ether oxygens (including phenoxy) is 1. The summed E-state index contributed by atoms with van der Waals surface area (Å²) < 4.78 is 49.3. The van der Waals surface area contributed by atoms with Crippen LogP contribution < -0.4 is 15.5 Å². The third-order valence-corrected chi connectivity index (χ3v) is 13.1. The van der Waals surface area contributed by atoms with Crippen molar-refractivity contribution in [2.45, 2.75) is 127 Å². The highest BCUT2D eigenvalue weighted by molar-refractivity contribution is 7.80. The Kier molecular flexibility index (Phi) is 12.1. The largest absolute Gasteiger partial charge is 0.419 e. The number of thiocarbonyl (C=S) groups is 1. The van der Waals surface area contributed by atoms with Gasteiger partial charge in [0.15, 0.2) is 10.8 Å². The second kappa shape index (κ2) is 16.8. The summed E-state index contributed by atoms with van der Waals surface area (Å²) in [4.78, 5) is 60.3. The fourth-order valence-electron chi connectivity index (χ4n) is 9.67. The molecule has 3 aliphatic heterocycles. The number of fused-ring (bicyclic) bond motifs is 1. The van der Waals surface area contributed by atoms with Crippen molar-refractivity contribution >= 4 is 63.2 Å². The predicted molar refractivity (Wildman–Crippen MR) is 219 cm³/mol. The van der Waals surface area contributed by atoms with Gasteiger partial charge in [-0.05, 0) is 109 Å². The molecule has 4 aliphatic rings. The molecule has 18 heteroatoms. The van der Waals surface area contributed by atoms with E-state index in [0.29, 0.717) is 35.8 Å². The van der Waals surface area contributed by atoms with E-state index in [1.165, 1.54) is 6.07 Å². The van der Waals surface area contributed by atoms with Gasteiger partial charge in [0.2, 0.25) is 17.7 Å². The van der Waals surface area contributed by atoms with Gasteiger partial charge in [-0.1, -0.05) is 12.1 Å². The van der Waals surface area contributed by atoms with Gasteiger partial charge in [-0.3, -0.25) is 39.0 Å². The molecular weight excluding hydrogens is 800 g/mol. The molecule has 3 atom stereocenters. The Morgan fingerprint density at radius 1 is 1.10 bits per heavy atom. The minimum Gasteiger partial charge on any atom is -0.378 e. The van der Waals surface area contributed by atoms with E-state index in [2.05, 4.69) is 39.5 Å². The van der Waals surface area contributed by atoms with Gasteiger partial charge in [0, 0.05) is 43.6 Å². The Morgan fingerprint density at radius 3 is 2.45 bits per heavy atom. The Balaban J connectivity index is 0.884. The second-order valence-corrected chi connectivity index (χ2v) is 17.5. The number of aromatic nitrogens is 3. The molecule has 7 rings (SSSR count). The number of carbonyl (C=O) groups excluding carboxylic acids is 4. The second-order valence-electron chi connectivity index (χ2n) is 17.1. The molecule has 320 valence electrons. The zero-order valence-corrected chi connectivity index (χ0v) is 35.2. The number of hydrogen-bond acceptors (Lipinski definition) is 10. The number of imide groups is 1. The third-order valence-electron chi connectivity index (χ3n) is 12.7. The molecule has 4 fully saturated rings. The summed E-state index contributed by atoms with van der Waals surface area (Å²) in [7, 11) is 1.77. The Bertz CT molecular complexity index is 2240. The molecule has 0 bridgehead atoms. The molecule has 3 aromatic rings. The van der Waals surface area contributed by atoms with Crippen LogP contribution in [0.5, 0.6) is 0 Å². The number of nitrogens with one attached hydrogen (secondary N) is 2. The quantitative estimate of drug-likeness (QED) is 0.183. The number of piperidine rings is 2. The minimum atomic E-state index is -4.82. The standard InChI is InChI=1S/C42H50F3N9O5S/c1-23-17-28(18-24(2)52(23)22-35(56)48-32-8-6-7-29-36(50-51(5)37(29)32)30-13-14-34(55)49-38(30)57)59-16-15-25-9-11-26(12-10-25)54-40(60)53(39(58)41(54,3)4)27-19-31(42(43,44)45)33(20-46)47-21-27/h6-8,19,21,23-26,28,30H,9-18,22H2,1-5H3,(H,48,56)(H,49,55,57). The van der Waals surface area contributed by atoms with Gasteiger partial charge in [0.25, 0.3) is 5.91 Å². The summed E-state index contributed by atoms with van der Waals surface area (Å²) in [5.41, 5.74) is -1.28. The highest BCUT2D eigenvalue weighted by atomic mass is 32.1. The van der Waals surface area contributed by atoms with E-state index in [1.54, 1.807) is 25.6 Å². The van der Waals surface area contributed by atoms with Crippen LogP contribution in [0.15, 0.2) is 30.5 Å². The fraction of sp³-hybridized carbons (Fsp3) is 0.571. The molecule has 0 spiro atoms. The van der Waals surface area contributed by atoms with Gasteiger partial charge < -0.3 is 15.0 Å². The van der Waals surface area contributed by atoms with Crippen molar-refractivity contribution in [1.29, 1.82) is 5.26 Å². The molecule has 3 unspecified atom stereocenters. The first-order valence-electron chi connectivity index (χ1n) is 20.5. The van der Waals surface area contributed by atoms with Crippen molar-refractivity contribution in [3.8, 4) is 6.07 Å². The number of nitriles is 1. The monoisotopic (exact) mass is 849 g/mol. The Hall–Kier alpha value is -4.99. The van der Waals surface area contributed by atoms with Crippen LogP contribution in [-0.4, -0.2) is 96.2 Å². The van der Waals surface area contributed by atoms with E-state index in [-0.39, 0.29) is 65.7 Å². The lowest BCUT2D eigenvalue weighted by Crippen LogP contribution is -2.51. The van der Waals surface area contributed by atoms with Crippen LogP contribution in [0.4, 0.5) is 24.5 Å². The van der Waals surface area contributed by atoms with Gasteiger partial charge in [0.1, 0.15) is 11.6 Å². The fourth-order valence-corrected chi connectivity index (χ4v) is 10.2. The maximum atomic E-state index is 13.7. The topological polar surface area (TPSA) is 166 Å². The lowest BCUT2D eigenvalue weighted by molar-refractivity contribution is -0.138. The molecule has 5 heterocycles. The highest BCUT2D eigenvalue weighted by Crippen LogP contribution is 2.41. The first-order chi connectivity index (χ1) is 28.4. The summed E-state index contributed by atoms with van der Waals surface area (Å²) in [6.07, 6.45) is 2.68. The number of para-hydroxylation sites is 1. The number of benzene rings is 1. The highest BCUT2D eigenvalue weighted by Gasteiger charge is 2.53. The zero-order valence-electron chi connectivity index (χ0n) is 34.3. The number of rotatable bonds is 10. The van der Waals surface area contributed by atoms with E-state index < -0.39 is 34.8 Å². The maximum Gasteiger partial charge on any atom is 0.419 e. The molecule has 60 heavy (non-hydrogen) atoms. The number of alkyl halides is 3. The van der Waals surface area contributed by atoms with Crippen LogP contribution in [0.1, 0.15) is 108 Å². The molecule has 1 aliphatic carbocycles. The van der Waals surface area contributed by atoms with Crippen LogP contribution in [0.3, 0.4) is 0 Å². The number of carbonyl (C=O) groups is 4. The molecule has 0 radical (unpaired) electrons. The van der Waals surface area contributed by atoms with Gasteiger partial charge in [-0.25, -0.2) is 4.98 Å². The summed E-state index contributed by atoms with van der Waals surface area (Å²) in [5.74, 6) is -1.38. The van der Waals surface area contributed by atoms with Gasteiger partial charge in [-0.15, -0.1) is 0 Å². The van der Waals surface area contributed by atoms with Crippen LogP contribution in [-0.2, 0) is 37.1 Å². The SMILES string of the molecule is CC1CC(OCCC2CCC(N3C(=S)N(c4cnc(C#N)c(C(F)(F)F)c4)C(=O)C3(C)C)CC2)CC(C)N1CC(=O)Nc1cccc2c(C3CCC(=O)NC3=O)nn(C)c12. The lowest BCUT2D eigenvalue weighted by atomic mass is 9.82. The van der Waals surface area contributed by atoms with Crippen molar-refractivity contribution in [3.05, 3.63) is 47.4 Å². The third kappa shape index (κ3) is 8.35. The summed E-state index contributed by atoms with van der Waals surface area (Å²) in [6.45, 7) is 8.48. The van der Waals surface area contributed by atoms with Gasteiger partial charge in [0.05, 0.1) is 52.9 Å². The normalized spacial score (nSPS) is 26.4.